The summed E-state index contributed by atoms with van der Waals surface area (Å²) in [6.45, 7) is 1.77. The minimum Gasteiger partial charge on any atom is -0.484 e. The molecule has 1 atom stereocenters. The molecule has 0 fully saturated rings. The first-order valence-electron chi connectivity index (χ1n) is 8.68. The van der Waals surface area contributed by atoms with Crippen LogP contribution in [0.5, 0.6) is 5.75 Å². The van der Waals surface area contributed by atoms with E-state index in [1.54, 1.807) is 6.07 Å². The van der Waals surface area contributed by atoms with Gasteiger partial charge in [-0.25, -0.2) is 4.79 Å². The van der Waals surface area contributed by atoms with Crippen molar-refractivity contribution < 1.29 is 19.1 Å². The summed E-state index contributed by atoms with van der Waals surface area (Å²) in [5.41, 5.74) is 2.95. The lowest BCUT2D eigenvalue weighted by Crippen LogP contribution is -2.44. The van der Waals surface area contributed by atoms with Gasteiger partial charge >= 0.3 is 5.97 Å². The van der Waals surface area contributed by atoms with Crippen LogP contribution in [0.25, 0.3) is 10.9 Å². The second-order valence-electron chi connectivity index (χ2n) is 6.31. The number of para-hydroxylation sites is 1. The number of carbonyl (C=O) groups excluding carboxylic acids is 2. The first-order valence-corrected chi connectivity index (χ1v) is 8.68. The highest BCUT2D eigenvalue weighted by Gasteiger charge is 2.23. The molecule has 3 rings (SSSR count). The van der Waals surface area contributed by atoms with Gasteiger partial charge in [-0.3, -0.25) is 4.79 Å². The SMILES string of the molecule is COC(=O)[C@H](Cc1c[nH]c2ccccc12)NC(=O)COc1cccc(C)c1. The van der Waals surface area contributed by atoms with Crippen molar-refractivity contribution in [2.24, 2.45) is 0 Å². The number of rotatable bonds is 7. The van der Waals surface area contributed by atoms with E-state index in [1.807, 2.05) is 55.6 Å². The number of aromatic nitrogens is 1. The molecule has 140 valence electrons. The van der Waals surface area contributed by atoms with Crippen LogP contribution in [0.2, 0.25) is 0 Å². The van der Waals surface area contributed by atoms with Crippen molar-refractivity contribution >= 4 is 22.8 Å². The van der Waals surface area contributed by atoms with Crippen molar-refractivity contribution in [3.63, 3.8) is 0 Å². The second-order valence-corrected chi connectivity index (χ2v) is 6.31. The van der Waals surface area contributed by atoms with Crippen molar-refractivity contribution in [1.82, 2.24) is 10.3 Å². The summed E-state index contributed by atoms with van der Waals surface area (Å²) < 4.78 is 10.3. The molecule has 1 aromatic heterocycles. The summed E-state index contributed by atoms with van der Waals surface area (Å²) in [5, 5.41) is 3.71. The zero-order chi connectivity index (χ0) is 19.2. The van der Waals surface area contributed by atoms with E-state index in [-0.39, 0.29) is 12.5 Å². The number of H-pyrrole nitrogens is 1. The molecule has 0 saturated carbocycles. The molecule has 0 radical (unpaired) electrons. The van der Waals surface area contributed by atoms with E-state index in [9.17, 15) is 9.59 Å². The van der Waals surface area contributed by atoms with E-state index in [0.717, 1.165) is 22.0 Å². The van der Waals surface area contributed by atoms with Crippen LogP contribution in [0.15, 0.2) is 54.7 Å². The third-order valence-electron chi connectivity index (χ3n) is 4.28. The zero-order valence-electron chi connectivity index (χ0n) is 15.3. The van der Waals surface area contributed by atoms with Gasteiger partial charge < -0.3 is 19.8 Å². The van der Waals surface area contributed by atoms with Gasteiger partial charge in [0.1, 0.15) is 11.8 Å². The third kappa shape index (κ3) is 4.67. The van der Waals surface area contributed by atoms with Crippen molar-refractivity contribution in [3.8, 4) is 5.75 Å². The van der Waals surface area contributed by atoms with Gasteiger partial charge in [-0.1, -0.05) is 30.3 Å². The van der Waals surface area contributed by atoms with Crippen LogP contribution in [-0.4, -0.2) is 36.6 Å². The van der Waals surface area contributed by atoms with E-state index >= 15 is 0 Å². The van der Waals surface area contributed by atoms with E-state index in [1.165, 1.54) is 7.11 Å². The second kappa shape index (κ2) is 8.40. The fourth-order valence-corrected chi connectivity index (χ4v) is 2.95. The van der Waals surface area contributed by atoms with Gasteiger partial charge in [0.05, 0.1) is 7.11 Å². The number of methoxy groups -OCH3 is 1. The lowest BCUT2D eigenvalue weighted by Gasteiger charge is -2.16. The highest BCUT2D eigenvalue weighted by Crippen LogP contribution is 2.19. The van der Waals surface area contributed by atoms with Gasteiger partial charge in [-0.05, 0) is 36.2 Å². The van der Waals surface area contributed by atoms with Crippen molar-refractivity contribution in [2.75, 3.05) is 13.7 Å². The molecule has 0 unspecified atom stereocenters. The van der Waals surface area contributed by atoms with Crippen LogP contribution in [0.4, 0.5) is 0 Å². The van der Waals surface area contributed by atoms with Gasteiger partial charge in [0.15, 0.2) is 6.61 Å². The summed E-state index contributed by atoms with van der Waals surface area (Å²) >= 11 is 0. The van der Waals surface area contributed by atoms with E-state index in [4.69, 9.17) is 9.47 Å². The Bertz CT molecular complexity index is 948. The molecule has 0 spiro atoms. The number of fused-ring (bicyclic) bond motifs is 1. The summed E-state index contributed by atoms with van der Waals surface area (Å²) in [6, 6.07) is 14.4. The molecule has 1 amide bonds. The van der Waals surface area contributed by atoms with Crippen LogP contribution in [0, 0.1) is 6.92 Å². The van der Waals surface area contributed by atoms with Gasteiger partial charge in [-0.15, -0.1) is 0 Å². The Morgan fingerprint density at radius 3 is 2.74 bits per heavy atom. The van der Waals surface area contributed by atoms with Crippen LogP contribution in [0.1, 0.15) is 11.1 Å². The minimum absolute atomic E-state index is 0.176. The molecule has 0 aliphatic carbocycles. The Morgan fingerprint density at radius 1 is 1.15 bits per heavy atom. The molecule has 3 aromatic rings. The molecular formula is C21H22N2O4. The van der Waals surface area contributed by atoms with Crippen LogP contribution >= 0.6 is 0 Å². The van der Waals surface area contributed by atoms with Gasteiger partial charge in [0, 0.05) is 23.5 Å². The first kappa shape index (κ1) is 18.5. The van der Waals surface area contributed by atoms with Crippen molar-refractivity contribution in [1.29, 1.82) is 0 Å². The van der Waals surface area contributed by atoms with E-state index in [0.29, 0.717) is 12.2 Å². The fourth-order valence-electron chi connectivity index (χ4n) is 2.95. The number of esters is 1. The first-order chi connectivity index (χ1) is 13.1. The topological polar surface area (TPSA) is 80.4 Å². The number of amides is 1. The zero-order valence-corrected chi connectivity index (χ0v) is 15.3. The molecule has 2 N–H and O–H groups in total. The van der Waals surface area contributed by atoms with Crippen molar-refractivity contribution in [3.05, 3.63) is 65.9 Å². The number of ether oxygens (including phenoxy) is 2. The lowest BCUT2D eigenvalue weighted by molar-refractivity contribution is -0.145. The standard InChI is InChI=1S/C21H22N2O4/c1-14-6-5-7-16(10-14)27-13-20(24)23-19(21(25)26-2)11-15-12-22-18-9-4-3-8-17(15)18/h3-10,12,19,22H,11,13H2,1-2H3,(H,23,24)/t19-/m0/s1. The number of aryl methyl sites for hydroxylation is 1. The summed E-state index contributed by atoms with van der Waals surface area (Å²) in [6.07, 6.45) is 2.17. The van der Waals surface area contributed by atoms with Crippen LogP contribution < -0.4 is 10.1 Å². The summed E-state index contributed by atoms with van der Waals surface area (Å²) in [5.74, 6) is -0.271. The average molecular weight is 366 g/mol. The summed E-state index contributed by atoms with van der Waals surface area (Å²) in [4.78, 5) is 27.6. The average Bonchev–Trinajstić information content (AvgIpc) is 3.08. The number of hydrogen-bond donors (Lipinski definition) is 2. The smallest absolute Gasteiger partial charge is 0.328 e. The molecule has 27 heavy (non-hydrogen) atoms. The minimum atomic E-state index is -0.789. The Balaban J connectivity index is 1.66. The van der Waals surface area contributed by atoms with Gasteiger partial charge in [0.2, 0.25) is 0 Å². The monoisotopic (exact) mass is 366 g/mol. The van der Waals surface area contributed by atoms with Gasteiger partial charge in [0.25, 0.3) is 5.91 Å². The fraction of sp³-hybridized carbons (Fsp3) is 0.238. The Morgan fingerprint density at radius 2 is 1.96 bits per heavy atom. The number of nitrogens with one attached hydrogen (secondary N) is 2. The maximum Gasteiger partial charge on any atom is 0.328 e. The highest BCUT2D eigenvalue weighted by atomic mass is 16.5. The molecule has 1 heterocycles. The predicted octanol–water partition coefficient (Wildman–Crippen LogP) is 2.76. The highest BCUT2D eigenvalue weighted by molar-refractivity contribution is 5.87. The number of hydrogen-bond acceptors (Lipinski definition) is 4. The largest absolute Gasteiger partial charge is 0.484 e. The maximum absolute atomic E-state index is 12.3. The van der Waals surface area contributed by atoms with Gasteiger partial charge in [-0.2, -0.15) is 0 Å². The van der Waals surface area contributed by atoms with E-state index in [2.05, 4.69) is 10.3 Å². The predicted molar refractivity (Wildman–Crippen MR) is 103 cm³/mol. The maximum atomic E-state index is 12.3. The van der Waals surface area contributed by atoms with Crippen molar-refractivity contribution in [2.45, 2.75) is 19.4 Å². The number of aromatic amines is 1. The lowest BCUT2D eigenvalue weighted by atomic mass is 10.0. The normalized spacial score (nSPS) is 11.8. The molecular weight excluding hydrogens is 344 g/mol. The molecule has 0 saturated heterocycles. The quantitative estimate of drug-likeness (QED) is 0.630. The molecule has 6 heteroatoms. The summed E-state index contributed by atoms with van der Waals surface area (Å²) in [7, 11) is 1.31. The molecule has 0 bridgehead atoms. The molecule has 6 nitrogen and oxygen atoms in total. The van der Waals surface area contributed by atoms with E-state index < -0.39 is 12.0 Å². The van der Waals surface area contributed by atoms with Crippen LogP contribution in [0.3, 0.4) is 0 Å². The molecule has 0 aliphatic heterocycles. The van der Waals surface area contributed by atoms with Crippen LogP contribution in [-0.2, 0) is 20.7 Å². The number of benzene rings is 2. The molecule has 2 aromatic carbocycles. The Hall–Kier alpha value is -3.28. The Kier molecular flexibility index (Phi) is 5.76. The Labute approximate surface area is 157 Å². The number of carbonyl (C=O) groups is 2. The molecule has 0 aliphatic rings. The third-order valence-corrected chi connectivity index (χ3v) is 4.28.